The summed E-state index contributed by atoms with van der Waals surface area (Å²) in [7, 11) is 0. The van der Waals surface area contributed by atoms with Crippen molar-refractivity contribution >= 4 is 21.8 Å². The van der Waals surface area contributed by atoms with Crippen LogP contribution in [0.15, 0.2) is 9.27 Å². The molecule has 6 heteroatoms. The van der Waals surface area contributed by atoms with E-state index in [0.717, 1.165) is 4.47 Å². The highest BCUT2D eigenvalue weighted by Gasteiger charge is 2.15. The topological polar surface area (TPSA) is 64.0 Å². The number of aromatic nitrogens is 2. The fraction of sp³-hybridized carbons (Fsp3) is 0.615. The fourth-order valence-electron chi connectivity index (χ4n) is 1.57. The molecule has 0 aliphatic rings. The lowest BCUT2D eigenvalue weighted by atomic mass is 10.1. The Morgan fingerprint density at radius 3 is 2.47 bits per heavy atom. The van der Waals surface area contributed by atoms with Gasteiger partial charge in [0.05, 0.1) is 10.2 Å². The molecule has 0 spiro atoms. The molecule has 1 aromatic rings. The zero-order chi connectivity index (χ0) is 14.7. The highest BCUT2D eigenvalue weighted by atomic mass is 79.9. The molecule has 0 radical (unpaired) electrons. The molecule has 1 amide bonds. The van der Waals surface area contributed by atoms with Gasteiger partial charge in [-0.2, -0.15) is 4.98 Å². The molecule has 0 bridgehead atoms. The van der Waals surface area contributed by atoms with Gasteiger partial charge in [0.1, 0.15) is 6.54 Å². The minimum Gasteiger partial charge on any atom is -0.352 e. The third-order valence-corrected chi connectivity index (χ3v) is 4.37. The minimum absolute atomic E-state index is 0.00634. The number of hydrogen-bond acceptors (Lipinski definition) is 3. The van der Waals surface area contributed by atoms with E-state index in [-0.39, 0.29) is 18.5 Å². The van der Waals surface area contributed by atoms with Crippen molar-refractivity contribution < 1.29 is 4.79 Å². The summed E-state index contributed by atoms with van der Waals surface area (Å²) < 4.78 is 2.14. The molecular weight excluding hydrogens is 310 g/mol. The van der Waals surface area contributed by atoms with E-state index in [0.29, 0.717) is 17.3 Å². The SMILES string of the molecule is Cc1nc(=O)n(CC(=O)NC(C)C(C)C)c(C)c1Br. The first-order valence-electron chi connectivity index (χ1n) is 6.27. The van der Waals surface area contributed by atoms with Crippen LogP contribution in [0.3, 0.4) is 0 Å². The second-order valence-corrected chi connectivity index (χ2v) is 5.86. The Balaban J connectivity index is 2.92. The number of amides is 1. The number of nitrogens with one attached hydrogen (secondary N) is 1. The molecule has 5 nitrogen and oxygen atoms in total. The smallest absolute Gasteiger partial charge is 0.348 e. The number of nitrogens with zero attached hydrogens (tertiary/aromatic N) is 2. The monoisotopic (exact) mass is 329 g/mol. The van der Waals surface area contributed by atoms with Gasteiger partial charge in [-0.3, -0.25) is 9.36 Å². The summed E-state index contributed by atoms with van der Waals surface area (Å²) in [6.45, 7) is 9.55. The van der Waals surface area contributed by atoms with Crippen LogP contribution in [-0.4, -0.2) is 21.5 Å². The molecule has 0 saturated heterocycles. The quantitative estimate of drug-likeness (QED) is 0.915. The summed E-state index contributed by atoms with van der Waals surface area (Å²) in [6, 6.07) is 0.0744. The maximum absolute atomic E-state index is 11.9. The minimum atomic E-state index is -0.398. The van der Waals surface area contributed by atoms with E-state index < -0.39 is 5.69 Å². The lowest BCUT2D eigenvalue weighted by Crippen LogP contribution is -2.40. The summed E-state index contributed by atoms with van der Waals surface area (Å²) in [5.41, 5.74) is 0.949. The van der Waals surface area contributed by atoms with Crippen LogP contribution in [0.4, 0.5) is 0 Å². The number of hydrogen-bond donors (Lipinski definition) is 1. The third-order valence-electron chi connectivity index (χ3n) is 3.22. The van der Waals surface area contributed by atoms with E-state index in [4.69, 9.17) is 0 Å². The van der Waals surface area contributed by atoms with Gasteiger partial charge in [-0.1, -0.05) is 13.8 Å². The van der Waals surface area contributed by atoms with Crippen LogP contribution >= 0.6 is 15.9 Å². The summed E-state index contributed by atoms with van der Waals surface area (Å²) >= 11 is 3.37. The number of aryl methyl sites for hydroxylation is 1. The van der Waals surface area contributed by atoms with Gasteiger partial charge in [-0.15, -0.1) is 0 Å². The Labute approximate surface area is 121 Å². The van der Waals surface area contributed by atoms with Crippen LogP contribution < -0.4 is 11.0 Å². The summed E-state index contributed by atoms with van der Waals surface area (Å²) in [6.07, 6.45) is 0. The van der Waals surface area contributed by atoms with E-state index in [1.54, 1.807) is 13.8 Å². The van der Waals surface area contributed by atoms with Crippen molar-refractivity contribution in [2.75, 3.05) is 0 Å². The molecule has 1 unspecified atom stereocenters. The van der Waals surface area contributed by atoms with E-state index in [2.05, 4.69) is 26.2 Å². The molecule has 0 aliphatic heterocycles. The van der Waals surface area contributed by atoms with Gasteiger partial charge >= 0.3 is 5.69 Å². The summed E-state index contributed by atoms with van der Waals surface area (Å²) in [5, 5.41) is 2.87. The highest BCUT2D eigenvalue weighted by molar-refractivity contribution is 9.10. The van der Waals surface area contributed by atoms with Gasteiger partial charge in [-0.25, -0.2) is 4.79 Å². The first-order valence-corrected chi connectivity index (χ1v) is 7.06. The maximum Gasteiger partial charge on any atom is 0.348 e. The van der Waals surface area contributed by atoms with Crippen LogP contribution in [0, 0.1) is 19.8 Å². The van der Waals surface area contributed by atoms with E-state index in [9.17, 15) is 9.59 Å². The molecule has 19 heavy (non-hydrogen) atoms. The largest absolute Gasteiger partial charge is 0.352 e. The number of carbonyl (C=O) groups is 1. The van der Waals surface area contributed by atoms with Crippen molar-refractivity contribution in [3.8, 4) is 0 Å². The van der Waals surface area contributed by atoms with Gasteiger partial charge in [0.15, 0.2) is 0 Å². The van der Waals surface area contributed by atoms with E-state index in [1.807, 2.05) is 20.8 Å². The van der Waals surface area contributed by atoms with Crippen molar-refractivity contribution in [2.45, 2.75) is 47.2 Å². The van der Waals surface area contributed by atoms with Crippen molar-refractivity contribution in [2.24, 2.45) is 5.92 Å². The third kappa shape index (κ3) is 3.89. The van der Waals surface area contributed by atoms with Crippen molar-refractivity contribution in [1.82, 2.24) is 14.9 Å². The summed E-state index contributed by atoms with van der Waals surface area (Å²) in [4.78, 5) is 27.6. The molecule has 0 saturated carbocycles. The number of carbonyl (C=O) groups excluding carboxylic acids is 1. The van der Waals surface area contributed by atoms with Gasteiger partial charge in [-0.05, 0) is 42.6 Å². The van der Waals surface area contributed by atoms with Gasteiger partial charge < -0.3 is 5.32 Å². The first-order chi connectivity index (χ1) is 8.73. The predicted molar refractivity (Wildman–Crippen MR) is 78.1 cm³/mol. The Hall–Kier alpha value is -1.17. The lowest BCUT2D eigenvalue weighted by molar-refractivity contribution is -0.122. The molecule has 1 aromatic heterocycles. The Morgan fingerprint density at radius 2 is 1.95 bits per heavy atom. The van der Waals surface area contributed by atoms with E-state index in [1.165, 1.54) is 4.57 Å². The normalized spacial score (nSPS) is 12.6. The molecule has 1 heterocycles. The van der Waals surface area contributed by atoms with Gasteiger partial charge in [0.2, 0.25) is 5.91 Å². The highest BCUT2D eigenvalue weighted by Crippen LogP contribution is 2.16. The van der Waals surface area contributed by atoms with Crippen LogP contribution in [0.25, 0.3) is 0 Å². The van der Waals surface area contributed by atoms with E-state index >= 15 is 0 Å². The van der Waals surface area contributed by atoms with Crippen LogP contribution in [0.1, 0.15) is 32.2 Å². The van der Waals surface area contributed by atoms with Crippen LogP contribution in [0.5, 0.6) is 0 Å². The lowest BCUT2D eigenvalue weighted by Gasteiger charge is -2.18. The van der Waals surface area contributed by atoms with Crippen molar-refractivity contribution in [3.63, 3.8) is 0 Å². The second-order valence-electron chi connectivity index (χ2n) is 5.07. The standard InChI is InChI=1S/C13H20BrN3O2/c1-7(2)8(3)15-11(18)6-17-10(5)12(14)9(4)16-13(17)19/h7-8H,6H2,1-5H3,(H,15,18). The molecule has 1 rings (SSSR count). The predicted octanol–water partition coefficient (Wildman–Crippen LogP) is 1.78. The van der Waals surface area contributed by atoms with Crippen molar-refractivity contribution in [3.05, 3.63) is 26.3 Å². The molecule has 1 atom stereocenters. The first kappa shape index (κ1) is 15.9. The zero-order valence-electron chi connectivity index (χ0n) is 12.0. The van der Waals surface area contributed by atoms with Crippen molar-refractivity contribution in [1.29, 1.82) is 0 Å². The van der Waals surface area contributed by atoms with Gasteiger partial charge in [0, 0.05) is 11.7 Å². The average Bonchev–Trinajstić information content (AvgIpc) is 2.31. The molecule has 0 fully saturated rings. The molecule has 106 valence electrons. The second kappa shape index (κ2) is 6.32. The molecule has 0 aromatic carbocycles. The average molecular weight is 330 g/mol. The van der Waals surface area contributed by atoms with Crippen LogP contribution in [-0.2, 0) is 11.3 Å². The van der Waals surface area contributed by atoms with Crippen LogP contribution in [0.2, 0.25) is 0 Å². The molecule has 1 N–H and O–H groups in total. The summed E-state index contributed by atoms with van der Waals surface area (Å²) in [5.74, 6) is 0.175. The molecular formula is C13H20BrN3O2. The Bertz CT molecular complexity index is 537. The zero-order valence-corrected chi connectivity index (χ0v) is 13.5. The Morgan fingerprint density at radius 1 is 1.37 bits per heavy atom. The fourth-order valence-corrected chi connectivity index (χ4v) is 1.88. The number of rotatable bonds is 4. The number of halogens is 1. The maximum atomic E-state index is 11.9. The molecule has 0 aliphatic carbocycles. The Kier molecular flexibility index (Phi) is 5.29. The van der Waals surface area contributed by atoms with Gasteiger partial charge in [0.25, 0.3) is 0 Å².